The van der Waals surface area contributed by atoms with Crippen molar-refractivity contribution in [2.24, 2.45) is 0 Å². The van der Waals surface area contributed by atoms with Gasteiger partial charge in [0.05, 0.1) is 39.0 Å². The Morgan fingerprint density at radius 2 is 1.24 bits per heavy atom. The normalized spacial score (nSPS) is 13.0. The number of nitrogens with zero attached hydrogens (tertiary/aromatic N) is 5. The first-order valence-electron chi connectivity index (χ1n) is 23.0. The van der Waals surface area contributed by atoms with Crippen LogP contribution in [0.25, 0.3) is 84.0 Å². The van der Waals surface area contributed by atoms with Crippen LogP contribution in [-0.2, 0) is 11.0 Å². The highest BCUT2D eigenvalue weighted by atomic mass is 31.2. The van der Waals surface area contributed by atoms with Gasteiger partial charge in [0.15, 0.2) is 7.14 Å². The van der Waals surface area contributed by atoms with Crippen LogP contribution in [-0.4, -0.2) is 23.7 Å². The number of aromatic nitrogens is 5. The predicted octanol–water partition coefficient (Wildman–Crippen LogP) is 13.3. The lowest BCUT2D eigenvalue weighted by Crippen LogP contribution is -2.25. The van der Waals surface area contributed by atoms with Gasteiger partial charge >= 0.3 is 0 Å². The Hall–Kier alpha value is -8.49. The SMILES string of the molecule is C#C/C(=C\C=C/C)c1cccc(-n2c3cc(-n4c5c(c6ccccc64)C=CCC5)ccc3c3c2c2ccc(P(=O)(c4ccccc4)c4ccccc4)cc2n3-c2cccc(-c3ccccc3)n2)n1. The summed E-state index contributed by atoms with van der Waals surface area (Å²) in [5.41, 5.74) is 11.8. The van der Waals surface area contributed by atoms with Gasteiger partial charge in [-0.2, -0.15) is 0 Å². The Morgan fingerprint density at radius 3 is 1.94 bits per heavy atom. The van der Waals surface area contributed by atoms with Crippen LogP contribution in [0.1, 0.15) is 30.3 Å². The molecule has 1 aliphatic rings. The summed E-state index contributed by atoms with van der Waals surface area (Å²) < 4.78 is 23.1. The van der Waals surface area contributed by atoms with Crippen molar-refractivity contribution in [3.05, 3.63) is 229 Å². The van der Waals surface area contributed by atoms with Gasteiger partial charge in [-0.1, -0.05) is 158 Å². The molecule has 11 aromatic rings. The van der Waals surface area contributed by atoms with Gasteiger partial charge in [0, 0.05) is 60.2 Å². The van der Waals surface area contributed by atoms with Crippen LogP contribution in [0.3, 0.4) is 0 Å². The number of terminal acetylenes is 1. The van der Waals surface area contributed by atoms with E-state index in [1.165, 1.54) is 22.2 Å². The minimum atomic E-state index is -3.38. The summed E-state index contributed by atoms with van der Waals surface area (Å²) in [4.78, 5) is 10.8. The maximum absolute atomic E-state index is 16.1. The standard InChI is InChI=1S/C61H44N5OP/c1-3-5-21-42(4-2)52-30-19-34-58(62-52)65-56-40-44(64-54-32-17-15-28-48(54)49-29-16-18-33-55(49)64)36-38-50(56)60-61(65)51-39-37-47(68(67,45-24-11-7-12-25-45)46-26-13-8-14-27-46)41-57(51)66(60)59-35-20-31-53(63-59)43-22-9-6-10-23-43/h2-3,5-17,19-32,34-41H,18,33H2,1H3/b5-3-,42-21+. The number of fused-ring (bicyclic) bond motifs is 8. The molecule has 5 heterocycles. The molecule has 324 valence electrons. The smallest absolute Gasteiger partial charge is 0.171 e. The van der Waals surface area contributed by atoms with Gasteiger partial charge in [0.2, 0.25) is 0 Å². The Labute approximate surface area is 394 Å². The minimum absolute atomic E-state index is 0.684. The van der Waals surface area contributed by atoms with Crippen LogP contribution < -0.4 is 15.9 Å². The first-order valence-corrected chi connectivity index (χ1v) is 24.7. The summed E-state index contributed by atoms with van der Waals surface area (Å²) in [5, 5.41) is 5.49. The molecule has 0 radical (unpaired) electrons. The van der Waals surface area contributed by atoms with E-state index in [2.05, 4.69) is 129 Å². The highest BCUT2D eigenvalue weighted by Gasteiger charge is 2.32. The molecule has 12 rings (SSSR count). The molecule has 0 fully saturated rings. The number of benzene rings is 6. The van der Waals surface area contributed by atoms with Gasteiger partial charge in [0.25, 0.3) is 0 Å². The molecule has 0 saturated carbocycles. The minimum Gasteiger partial charge on any atom is -0.313 e. The lowest BCUT2D eigenvalue weighted by molar-refractivity contribution is 0.592. The zero-order valence-corrected chi connectivity index (χ0v) is 38.3. The lowest BCUT2D eigenvalue weighted by atomic mass is 10.0. The summed E-state index contributed by atoms with van der Waals surface area (Å²) in [6, 6.07) is 64.1. The average Bonchev–Trinajstić information content (AvgIpc) is 4.04. The molecule has 68 heavy (non-hydrogen) atoms. The summed E-state index contributed by atoms with van der Waals surface area (Å²) in [6.07, 6.45) is 18.5. The number of rotatable bonds is 9. The Kier molecular flexibility index (Phi) is 10.1. The Morgan fingerprint density at radius 1 is 0.603 bits per heavy atom. The molecule has 5 aromatic heterocycles. The second-order valence-electron chi connectivity index (χ2n) is 17.1. The van der Waals surface area contributed by atoms with Gasteiger partial charge in [-0.25, -0.2) is 9.97 Å². The van der Waals surface area contributed by atoms with Crippen molar-refractivity contribution >= 4 is 78.4 Å². The molecule has 0 aliphatic heterocycles. The van der Waals surface area contributed by atoms with E-state index in [0.29, 0.717) is 11.3 Å². The van der Waals surface area contributed by atoms with Gasteiger partial charge in [-0.05, 0) is 86.5 Å². The first kappa shape index (κ1) is 41.0. The second-order valence-corrected chi connectivity index (χ2v) is 19.9. The third-order valence-corrected chi connectivity index (χ3v) is 16.3. The molecule has 0 saturated heterocycles. The number of para-hydroxylation sites is 1. The summed E-state index contributed by atoms with van der Waals surface area (Å²) in [5.74, 6) is 4.34. The van der Waals surface area contributed by atoms with E-state index in [-0.39, 0.29) is 0 Å². The van der Waals surface area contributed by atoms with Crippen molar-refractivity contribution in [1.82, 2.24) is 23.7 Å². The van der Waals surface area contributed by atoms with E-state index in [1.54, 1.807) is 0 Å². The van der Waals surface area contributed by atoms with E-state index in [1.807, 2.05) is 116 Å². The van der Waals surface area contributed by atoms with Crippen molar-refractivity contribution < 1.29 is 4.57 Å². The third-order valence-electron chi connectivity index (χ3n) is 13.2. The van der Waals surface area contributed by atoms with E-state index >= 15 is 4.57 Å². The van der Waals surface area contributed by atoms with Crippen molar-refractivity contribution in [3.8, 4) is 40.9 Å². The Bertz CT molecular complexity index is 3910. The topological polar surface area (TPSA) is 57.6 Å². The number of hydrogen-bond acceptors (Lipinski definition) is 3. The quantitative estimate of drug-likeness (QED) is 0.0824. The van der Waals surface area contributed by atoms with Crippen LogP contribution in [0.5, 0.6) is 0 Å². The van der Waals surface area contributed by atoms with E-state index in [4.69, 9.17) is 16.4 Å². The zero-order valence-electron chi connectivity index (χ0n) is 37.4. The van der Waals surface area contributed by atoms with E-state index in [9.17, 15) is 0 Å². The monoisotopic (exact) mass is 893 g/mol. The largest absolute Gasteiger partial charge is 0.313 e. The maximum atomic E-state index is 16.1. The van der Waals surface area contributed by atoms with Gasteiger partial charge in [-0.3, -0.25) is 9.13 Å². The van der Waals surface area contributed by atoms with Gasteiger partial charge in [-0.15, -0.1) is 6.42 Å². The molecule has 0 N–H and O–H groups in total. The van der Waals surface area contributed by atoms with Crippen LogP contribution >= 0.6 is 7.14 Å². The summed E-state index contributed by atoms with van der Waals surface area (Å²) in [7, 11) is -3.38. The highest BCUT2D eigenvalue weighted by molar-refractivity contribution is 7.85. The molecule has 0 spiro atoms. The van der Waals surface area contributed by atoms with Crippen LogP contribution in [0.4, 0.5) is 0 Å². The molecule has 1 aliphatic carbocycles. The van der Waals surface area contributed by atoms with Crippen LogP contribution in [0, 0.1) is 12.3 Å². The maximum Gasteiger partial charge on any atom is 0.171 e. The lowest BCUT2D eigenvalue weighted by Gasteiger charge is -2.20. The highest BCUT2D eigenvalue weighted by Crippen LogP contribution is 2.46. The molecule has 0 amide bonds. The number of hydrogen-bond donors (Lipinski definition) is 0. The van der Waals surface area contributed by atoms with Crippen LogP contribution in [0.2, 0.25) is 0 Å². The molecule has 6 aromatic carbocycles. The van der Waals surface area contributed by atoms with Crippen LogP contribution in [0.15, 0.2) is 212 Å². The number of allylic oxidation sites excluding steroid dienone is 5. The van der Waals surface area contributed by atoms with Crippen molar-refractivity contribution in [1.29, 1.82) is 0 Å². The number of pyridine rings is 2. The zero-order chi connectivity index (χ0) is 45.8. The average molecular weight is 894 g/mol. The molecule has 0 atom stereocenters. The fourth-order valence-electron chi connectivity index (χ4n) is 10.2. The second kappa shape index (κ2) is 16.7. The fraction of sp³-hybridized carbons (Fsp3) is 0.0492. The molecular weight excluding hydrogens is 850 g/mol. The van der Waals surface area contributed by atoms with E-state index < -0.39 is 7.14 Å². The molecule has 7 heteroatoms. The fourth-order valence-corrected chi connectivity index (χ4v) is 12.8. The van der Waals surface area contributed by atoms with Crippen molar-refractivity contribution in [2.45, 2.75) is 19.8 Å². The van der Waals surface area contributed by atoms with Crippen molar-refractivity contribution in [2.75, 3.05) is 0 Å². The van der Waals surface area contributed by atoms with Gasteiger partial charge < -0.3 is 9.13 Å². The molecule has 6 nitrogen and oxygen atoms in total. The summed E-state index contributed by atoms with van der Waals surface area (Å²) >= 11 is 0. The predicted molar refractivity (Wildman–Crippen MR) is 284 cm³/mol. The molecule has 0 unspecified atom stereocenters. The van der Waals surface area contributed by atoms with Crippen molar-refractivity contribution in [3.63, 3.8) is 0 Å². The third kappa shape index (κ3) is 6.55. The Balaban J connectivity index is 1.22. The summed E-state index contributed by atoms with van der Waals surface area (Å²) in [6.45, 7) is 1.97. The molecule has 0 bridgehead atoms. The van der Waals surface area contributed by atoms with Gasteiger partial charge in [0.1, 0.15) is 11.6 Å². The first-order chi connectivity index (χ1) is 33.5. The molecular formula is C61H44N5OP. The van der Waals surface area contributed by atoms with E-state index in [0.717, 1.165) is 90.2 Å².